The first kappa shape index (κ1) is 11.4. The van der Waals surface area contributed by atoms with Gasteiger partial charge >= 0.3 is 6.03 Å². The number of hydrogen-bond donors (Lipinski definition) is 1. The predicted molar refractivity (Wildman–Crippen MR) is 64.6 cm³/mol. The van der Waals surface area contributed by atoms with E-state index < -0.39 is 0 Å². The number of rotatable bonds is 2. The average molecular weight is 239 g/mol. The van der Waals surface area contributed by atoms with Crippen molar-refractivity contribution in [3.05, 3.63) is 16.1 Å². The molecule has 2 amide bonds. The lowest BCUT2D eigenvalue weighted by atomic mass is 10.3. The van der Waals surface area contributed by atoms with E-state index in [0.717, 1.165) is 30.9 Å². The average Bonchev–Trinajstić information content (AvgIpc) is 2.87. The molecular formula is C11H17N3OS. The van der Waals surface area contributed by atoms with Crippen molar-refractivity contribution in [3.63, 3.8) is 0 Å². The molecule has 0 spiro atoms. The zero-order chi connectivity index (χ0) is 11.5. The second-order valence-electron chi connectivity index (χ2n) is 4.17. The molecule has 1 atom stereocenters. The number of carbonyl (C=O) groups excluding carboxylic acids is 1. The van der Waals surface area contributed by atoms with Gasteiger partial charge in [-0.2, -0.15) is 0 Å². The van der Waals surface area contributed by atoms with Crippen LogP contribution < -0.4 is 5.32 Å². The molecule has 1 aliphatic heterocycles. The molecule has 2 heterocycles. The summed E-state index contributed by atoms with van der Waals surface area (Å²) in [6, 6.07) is 0.0460. The summed E-state index contributed by atoms with van der Waals surface area (Å²) >= 11 is 1.64. The number of amides is 2. The van der Waals surface area contributed by atoms with Crippen LogP contribution in [0.15, 0.2) is 6.20 Å². The van der Waals surface area contributed by atoms with Crippen LogP contribution in [0.4, 0.5) is 4.79 Å². The Hall–Kier alpha value is -1.10. The zero-order valence-electron chi connectivity index (χ0n) is 9.69. The third-order valence-electron chi connectivity index (χ3n) is 2.74. The molecular weight excluding hydrogens is 222 g/mol. The highest BCUT2D eigenvalue weighted by Gasteiger charge is 2.20. The normalized spacial score (nSPS) is 17.5. The Morgan fingerprint density at radius 1 is 1.56 bits per heavy atom. The van der Waals surface area contributed by atoms with Crippen molar-refractivity contribution >= 4 is 17.4 Å². The maximum Gasteiger partial charge on any atom is 0.317 e. The van der Waals surface area contributed by atoms with E-state index in [-0.39, 0.29) is 12.1 Å². The molecule has 0 saturated carbocycles. The summed E-state index contributed by atoms with van der Waals surface area (Å²) in [5.41, 5.74) is 0. The van der Waals surface area contributed by atoms with Gasteiger partial charge in [-0.1, -0.05) is 0 Å². The lowest BCUT2D eigenvalue weighted by Gasteiger charge is -2.19. The van der Waals surface area contributed by atoms with Crippen LogP contribution in [-0.2, 0) is 0 Å². The molecule has 0 radical (unpaired) electrons. The number of carbonyl (C=O) groups is 1. The number of nitrogens with zero attached hydrogens (tertiary/aromatic N) is 2. The number of nitrogens with one attached hydrogen (secondary N) is 1. The van der Waals surface area contributed by atoms with Gasteiger partial charge in [0, 0.05) is 24.2 Å². The third-order valence-corrected chi connectivity index (χ3v) is 3.84. The van der Waals surface area contributed by atoms with Gasteiger partial charge in [-0.25, -0.2) is 9.78 Å². The molecule has 1 unspecified atom stereocenters. The van der Waals surface area contributed by atoms with Crippen molar-refractivity contribution in [2.75, 3.05) is 13.1 Å². The predicted octanol–water partition coefficient (Wildman–Crippen LogP) is 2.32. The van der Waals surface area contributed by atoms with E-state index in [1.807, 2.05) is 24.9 Å². The molecule has 1 fully saturated rings. The summed E-state index contributed by atoms with van der Waals surface area (Å²) in [6.07, 6.45) is 4.09. The fraction of sp³-hybridized carbons (Fsp3) is 0.636. The van der Waals surface area contributed by atoms with Crippen LogP contribution >= 0.6 is 11.3 Å². The van der Waals surface area contributed by atoms with Gasteiger partial charge in [0.25, 0.3) is 0 Å². The van der Waals surface area contributed by atoms with E-state index in [1.54, 1.807) is 11.3 Å². The summed E-state index contributed by atoms with van der Waals surface area (Å²) < 4.78 is 0. The Balaban J connectivity index is 1.91. The van der Waals surface area contributed by atoms with Crippen molar-refractivity contribution in [1.82, 2.24) is 15.2 Å². The van der Waals surface area contributed by atoms with Gasteiger partial charge in [0.2, 0.25) is 0 Å². The van der Waals surface area contributed by atoms with E-state index in [4.69, 9.17) is 0 Å². The van der Waals surface area contributed by atoms with Crippen LogP contribution in [-0.4, -0.2) is 29.0 Å². The van der Waals surface area contributed by atoms with Gasteiger partial charge < -0.3 is 10.2 Å². The van der Waals surface area contributed by atoms with E-state index in [2.05, 4.69) is 10.3 Å². The van der Waals surface area contributed by atoms with Crippen LogP contribution in [0.1, 0.15) is 35.7 Å². The quantitative estimate of drug-likeness (QED) is 0.860. The van der Waals surface area contributed by atoms with Crippen molar-refractivity contribution in [3.8, 4) is 0 Å². The monoisotopic (exact) mass is 239 g/mol. The molecule has 4 nitrogen and oxygen atoms in total. The molecule has 0 aromatic carbocycles. The summed E-state index contributed by atoms with van der Waals surface area (Å²) in [5.74, 6) is 0. The largest absolute Gasteiger partial charge is 0.329 e. The number of likely N-dealkylation sites (tertiary alicyclic amines) is 1. The highest BCUT2D eigenvalue weighted by Crippen LogP contribution is 2.19. The Bertz CT molecular complexity index is 371. The molecule has 16 heavy (non-hydrogen) atoms. The highest BCUT2D eigenvalue weighted by atomic mass is 32.1. The zero-order valence-corrected chi connectivity index (χ0v) is 10.5. The fourth-order valence-corrected chi connectivity index (χ4v) is 2.61. The highest BCUT2D eigenvalue weighted by molar-refractivity contribution is 7.11. The van der Waals surface area contributed by atoms with Gasteiger partial charge in [-0.15, -0.1) is 11.3 Å². The molecule has 0 aliphatic carbocycles. The maximum atomic E-state index is 11.8. The third kappa shape index (κ3) is 2.52. The number of hydrogen-bond acceptors (Lipinski definition) is 3. The van der Waals surface area contributed by atoms with E-state index in [9.17, 15) is 4.79 Å². The molecule has 2 rings (SSSR count). The van der Waals surface area contributed by atoms with Gasteiger partial charge in [0.15, 0.2) is 0 Å². The van der Waals surface area contributed by atoms with E-state index >= 15 is 0 Å². The SMILES string of the molecule is Cc1cnc(C(C)NC(=O)N2CCCC2)s1. The molecule has 1 aromatic heterocycles. The Morgan fingerprint density at radius 3 is 2.81 bits per heavy atom. The first-order valence-electron chi connectivity index (χ1n) is 5.64. The Morgan fingerprint density at radius 2 is 2.25 bits per heavy atom. The molecule has 1 saturated heterocycles. The first-order chi connectivity index (χ1) is 7.66. The second-order valence-corrected chi connectivity index (χ2v) is 5.44. The summed E-state index contributed by atoms with van der Waals surface area (Å²) in [7, 11) is 0. The standard InChI is InChI=1S/C11H17N3OS/c1-8-7-12-10(16-8)9(2)13-11(15)14-5-3-4-6-14/h7,9H,3-6H2,1-2H3,(H,13,15). The van der Waals surface area contributed by atoms with Gasteiger partial charge in [-0.05, 0) is 26.7 Å². The molecule has 1 aliphatic rings. The van der Waals surface area contributed by atoms with Crippen LogP contribution in [0.25, 0.3) is 0 Å². The number of aromatic nitrogens is 1. The van der Waals surface area contributed by atoms with E-state index in [1.165, 1.54) is 4.88 Å². The van der Waals surface area contributed by atoms with Crippen molar-refractivity contribution in [1.29, 1.82) is 0 Å². The molecule has 0 bridgehead atoms. The molecule has 5 heteroatoms. The lowest BCUT2D eigenvalue weighted by molar-refractivity contribution is 0.205. The molecule has 1 aromatic rings. The molecule has 1 N–H and O–H groups in total. The first-order valence-corrected chi connectivity index (χ1v) is 6.46. The Kier molecular flexibility index (Phi) is 3.43. The maximum absolute atomic E-state index is 11.8. The van der Waals surface area contributed by atoms with Gasteiger partial charge in [0.05, 0.1) is 6.04 Å². The second kappa shape index (κ2) is 4.82. The van der Waals surface area contributed by atoms with Crippen molar-refractivity contribution < 1.29 is 4.79 Å². The topological polar surface area (TPSA) is 45.2 Å². The van der Waals surface area contributed by atoms with Gasteiger partial charge in [-0.3, -0.25) is 0 Å². The van der Waals surface area contributed by atoms with Crippen LogP contribution in [0.5, 0.6) is 0 Å². The fourth-order valence-electron chi connectivity index (χ4n) is 1.83. The number of thiazole rings is 1. The number of urea groups is 1. The minimum atomic E-state index is 0.00630. The summed E-state index contributed by atoms with van der Waals surface area (Å²) in [6.45, 7) is 5.77. The summed E-state index contributed by atoms with van der Waals surface area (Å²) in [4.78, 5) is 19.2. The smallest absolute Gasteiger partial charge is 0.317 e. The Labute approximate surface area is 99.7 Å². The van der Waals surface area contributed by atoms with Crippen LogP contribution in [0, 0.1) is 6.92 Å². The number of aryl methyl sites for hydroxylation is 1. The van der Waals surface area contributed by atoms with Crippen LogP contribution in [0.2, 0.25) is 0 Å². The van der Waals surface area contributed by atoms with Crippen molar-refractivity contribution in [2.45, 2.75) is 32.7 Å². The minimum absolute atomic E-state index is 0.00630. The summed E-state index contributed by atoms with van der Waals surface area (Å²) in [5, 5.41) is 3.96. The lowest BCUT2D eigenvalue weighted by Crippen LogP contribution is -2.39. The van der Waals surface area contributed by atoms with Gasteiger partial charge in [0.1, 0.15) is 5.01 Å². The molecule has 88 valence electrons. The van der Waals surface area contributed by atoms with Crippen molar-refractivity contribution in [2.24, 2.45) is 0 Å². The minimum Gasteiger partial charge on any atom is -0.329 e. The van der Waals surface area contributed by atoms with Crippen LogP contribution in [0.3, 0.4) is 0 Å². The van der Waals surface area contributed by atoms with E-state index in [0.29, 0.717) is 0 Å².